The van der Waals surface area contributed by atoms with Gasteiger partial charge in [0.05, 0.1) is 11.0 Å². The van der Waals surface area contributed by atoms with Crippen molar-refractivity contribution in [2.45, 2.75) is 25.9 Å². The molecule has 0 atom stereocenters. The van der Waals surface area contributed by atoms with Gasteiger partial charge < -0.3 is 10.0 Å². The zero-order valence-corrected chi connectivity index (χ0v) is 9.80. The second-order valence-electron chi connectivity index (χ2n) is 4.45. The number of aryl methyl sites for hydroxylation is 1. The van der Waals surface area contributed by atoms with Crippen LogP contribution in [-0.4, -0.2) is 29.2 Å². The van der Waals surface area contributed by atoms with Gasteiger partial charge in [-0.05, 0) is 25.8 Å². The molecule has 0 amide bonds. The van der Waals surface area contributed by atoms with Gasteiger partial charge in [0.15, 0.2) is 0 Å². The Morgan fingerprint density at radius 1 is 1.41 bits per heavy atom. The highest BCUT2D eigenvalue weighted by Gasteiger charge is 2.19. The van der Waals surface area contributed by atoms with Crippen molar-refractivity contribution in [1.29, 1.82) is 0 Å². The molecule has 0 bridgehead atoms. The van der Waals surface area contributed by atoms with E-state index in [1.54, 1.807) is 19.1 Å². The van der Waals surface area contributed by atoms with Crippen LogP contribution in [0.1, 0.15) is 18.4 Å². The zero-order chi connectivity index (χ0) is 12.4. The van der Waals surface area contributed by atoms with E-state index in [-0.39, 0.29) is 16.7 Å². The number of hydrogen-bond acceptors (Lipinski definition) is 4. The van der Waals surface area contributed by atoms with E-state index >= 15 is 0 Å². The molecular formula is C12H16N2O3. The minimum absolute atomic E-state index is 0.161. The number of rotatable bonds is 2. The molecule has 0 unspecified atom stereocenters. The maximum Gasteiger partial charge on any atom is 0.274 e. The van der Waals surface area contributed by atoms with Gasteiger partial charge in [0, 0.05) is 30.4 Å². The Morgan fingerprint density at radius 3 is 2.65 bits per heavy atom. The Balaban J connectivity index is 2.21. The number of benzene rings is 1. The van der Waals surface area contributed by atoms with Crippen LogP contribution in [-0.2, 0) is 0 Å². The van der Waals surface area contributed by atoms with Crippen LogP contribution >= 0.6 is 0 Å². The molecule has 92 valence electrons. The SMILES string of the molecule is Cc1ccc(N2CCC(O)CC2)cc1[N+](=O)[O-]. The molecule has 17 heavy (non-hydrogen) atoms. The van der Waals surface area contributed by atoms with Gasteiger partial charge in [-0.25, -0.2) is 0 Å². The summed E-state index contributed by atoms with van der Waals surface area (Å²) in [6, 6.07) is 5.30. The van der Waals surface area contributed by atoms with Gasteiger partial charge >= 0.3 is 0 Å². The first-order valence-corrected chi connectivity index (χ1v) is 5.76. The molecule has 0 spiro atoms. The molecule has 1 aromatic carbocycles. The Kier molecular flexibility index (Phi) is 3.28. The molecule has 1 heterocycles. The summed E-state index contributed by atoms with van der Waals surface area (Å²) in [5.74, 6) is 0. The second-order valence-corrected chi connectivity index (χ2v) is 4.45. The van der Waals surface area contributed by atoms with Crippen molar-refractivity contribution in [2.24, 2.45) is 0 Å². The van der Waals surface area contributed by atoms with Crippen LogP contribution < -0.4 is 4.90 Å². The summed E-state index contributed by atoms with van der Waals surface area (Å²) >= 11 is 0. The first-order valence-electron chi connectivity index (χ1n) is 5.76. The number of hydrogen-bond donors (Lipinski definition) is 1. The highest BCUT2D eigenvalue weighted by molar-refractivity contribution is 5.56. The van der Waals surface area contributed by atoms with E-state index in [0.29, 0.717) is 5.56 Å². The lowest BCUT2D eigenvalue weighted by Gasteiger charge is -2.31. The molecule has 1 aliphatic heterocycles. The van der Waals surface area contributed by atoms with Crippen molar-refractivity contribution in [2.75, 3.05) is 18.0 Å². The van der Waals surface area contributed by atoms with Gasteiger partial charge in [-0.15, -0.1) is 0 Å². The first-order chi connectivity index (χ1) is 8.08. The molecule has 1 aromatic rings. The Labute approximate surface area is 99.8 Å². The molecule has 1 aliphatic rings. The van der Waals surface area contributed by atoms with E-state index in [9.17, 15) is 15.2 Å². The number of aliphatic hydroxyl groups excluding tert-OH is 1. The average molecular weight is 236 g/mol. The Bertz CT molecular complexity index is 426. The summed E-state index contributed by atoms with van der Waals surface area (Å²) < 4.78 is 0. The van der Waals surface area contributed by atoms with E-state index < -0.39 is 0 Å². The molecular weight excluding hydrogens is 220 g/mol. The monoisotopic (exact) mass is 236 g/mol. The summed E-state index contributed by atoms with van der Waals surface area (Å²) in [5.41, 5.74) is 1.71. The smallest absolute Gasteiger partial charge is 0.274 e. The highest BCUT2D eigenvalue weighted by atomic mass is 16.6. The summed E-state index contributed by atoms with van der Waals surface area (Å²) in [4.78, 5) is 12.6. The number of piperidine rings is 1. The standard InChI is InChI=1S/C12H16N2O3/c1-9-2-3-10(8-12(9)14(16)17)13-6-4-11(15)5-7-13/h2-3,8,11,15H,4-7H2,1H3. The van der Waals surface area contributed by atoms with Crippen molar-refractivity contribution < 1.29 is 10.0 Å². The normalized spacial score (nSPS) is 17.2. The van der Waals surface area contributed by atoms with Gasteiger partial charge in [0.2, 0.25) is 0 Å². The number of nitro benzene ring substituents is 1. The molecule has 1 saturated heterocycles. The van der Waals surface area contributed by atoms with E-state index in [4.69, 9.17) is 0 Å². The van der Waals surface area contributed by atoms with Gasteiger partial charge in [-0.2, -0.15) is 0 Å². The second kappa shape index (κ2) is 4.71. The fourth-order valence-corrected chi connectivity index (χ4v) is 2.12. The van der Waals surface area contributed by atoms with Crippen LogP contribution in [0, 0.1) is 17.0 Å². The third-order valence-corrected chi connectivity index (χ3v) is 3.22. The fourth-order valence-electron chi connectivity index (χ4n) is 2.12. The molecule has 0 aliphatic carbocycles. The zero-order valence-electron chi connectivity index (χ0n) is 9.80. The van der Waals surface area contributed by atoms with Gasteiger partial charge in [0.25, 0.3) is 5.69 Å². The molecule has 5 nitrogen and oxygen atoms in total. The van der Waals surface area contributed by atoms with Crippen LogP contribution in [0.4, 0.5) is 11.4 Å². The van der Waals surface area contributed by atoms with E-state index in [2.05, 4.69) is 4.90 Å². The maximum atomic E-state index is 10.9. The van der Waals surface area contributed by atoms with Crippen molar-refractivity contribution in [3.05, 3.63) is 33.9 Å². The van der Waals surface area contributed by atoms with E-state index in [1.807, 2.05) is 6.07 Å². The summed E-state index contributed by atoms with van der Waals surface area (Å²) in [6.07, 6.45) is 1.22. The Hall–Kier alpha value is -1.62. The van der Waals surface area contributed by atoms with Crippen molar-refractivity contribution in [3.8, 4) is 0 Å². The van der Waals surface area contributed by atoms with Crippen LogP contribution in [0.15, 0.2) is 18.2 Å². The third-order valence-electron chi connectivity index (χ3n) is 3.22. The summed E-state index contributed by atoms with van der Waals surface area (Å²) in [6.45, 7) is 3.24. The van der Waals surface area contributed by atoms with E-state index in [1.165, 1.54) is 0 Å². The molecule has 0 aromatic heterocycles. The molecule has 0 saturated carbocycles. The van der Waals surface area contributed by atoms with E-state index in [0.717, 1.165) is 31.6 Å². The van der Waals surface area contributed by atoms with Gasteiger partial charge in [0.1, 0.15) is 0 Å². The fraction of sp³-hybridized carbons (Fsp3) is 0.500. The van der Waals surface area contributed by atoms with Gasteiger partial charge in [-0.1, -0.05) is 6.07 Å². The minimum atomic E-state index is -0.350. The highest BCUT2D eigenvalue weighted by Crippen LogP contribution is 2.27. The van der Waals surface area contributed by atoms with Crippen molar-refractivity contribution in [3.63, 3.8) is 0 Å². The summed E-state index contributed by atoms with van der Waals surface area (Å²) in [5, 5.41) is 20.3. The largest absolute Gasteiger partial charge is 0.393 e. The number of nitrogens with zero attached hydrogens (tertiary/aromatic N) is 2. The van der Waals surface area contributed by atoms with Crippen LogP contribution in [0.5, 0.6) is 0 Å². The molecule has 2 rings (SSSR count). The number of aliphatic hydroxyl groups is 1. The molecule has 1 fully saturated rings. The van der Waals surface area contributed by atoms with Crippen LogP contribution in [0.25, 0.3) is 0 Å². The topological polar surface area (TPSA) is 66.6 Å². The van der Waals surface area contributed by atoms with Crippen molar-refractivity contribution >= 4 is 11.4 Å². The van der Waals surface area contributed by atoms with Crippen molar-refractivity contribution in [1.82, 2.24) is 0 Å². The maximum absolute atomic E-state index is 10.9. The number of anilines is 1. The first kappa shape index (κ1) is 11.9. The third kappa shape index (κ3) is 2.55. The molecule has 5 heteroatoms. The lowest BCUT2D eigenvalue weighted by atomic mass is 10.1. The number of nitro groups is 1. The predicted molar refractivity (Wildman–Crippen MR) is 65.3 cm³/mol. The predicted octanol–water partition coefficient (Wildman–Crippen LogP) is 1.86. The van der Waals surface area contributed by atoms with Gasteiger partial charge in [-0.3, -0.25) is 10.1 Å². The lowest BCUT2D eigenvalue weighted by molar-refractivity contribution is -0.385. The lowest BCUT2D eigenvalue weighted by Crippen LogP contribution is -2.35. The minimum Gasteiger partial charge on any atom is -0.393 e. The Morgan fingerprint density at radius 2 is 2.06 bits per heavy atom. The summed E-state index contributed by atoms with van der Waals surface area (Å²) in [7, 11) is 0. The van der Waals surface area contributed by atoms with Crippen LogP contribution in [0.3, 0.4) is 0 Å². The molecule has 1 N–H and O–H groups in total. The average Bonchev–Trinajstić information content (AvgIpc) is 2.30. The molecule has 0 radical (unpaired) electrons. The quantitative estimate of drug-likeness (QED) is 0.628. The van der Waals surface area contributed by atoms with Crippen LogP contribution in [0.2, 0.25) is 0 Å².